The van der Waals surface area contributed by atoms with Crippen molar-refractivity contribution in [1.82, 2.24) is 52.3 Å². The zero-order chi connectivity index (χ0) is 56.4. The number of likely N-dealkylation sites (tertiary alicyclic amines) is 1. The number of likely N-dealkylation sites (N-methyl/N-ethyl adjacent to an activating group) is 2. The quantitative estimate of drug-likeness (QED) is 0.0173. The summed E-state index contributed by atoms with van der Waals surface area (Å²) in [5, 5.41) is 31.9. The fourth-order valence-corrected chi connectivity index (χ4v) is 7.72. The molecule has 1 fully saturated rings. The minimum absolute atomic E-state index is 0.0344. The Morgan fingerprint density at radius 1 is 0.635 bits per heavy atom. The van der Waals surface area contributed by atoms with E-state index in [2.05, 4.69) is 52.5 Å². The summed E-state index contributed by atoms with van der Waals surface area (Å²) < 4.78 is 0. The molecule has 0 aromatic heterocycles. The minimum Gasteiger partial charge on any atom is -0.391 e. The normalized spacial score (nSPS) is 16.7. The van der Waals surface area contributed by atoms with Crippen LogP contribution in [0, 0.1) is 17.8 Å². The number of rotatable bonds is 32. The molecule has 74 heavy (non-hydrogen) atoms. The average Bonchev–Trinajstić information content (AvgIpc) is 3.83. The molecule has 10 atom stereocenters. The van der Waals surface area contributed by atoms with Crippen molar-refractivity contribution in [3.8, 4) is 0 Å². The lowest BCUT2D eigenvalue weighted by atomic mass is 9.95. The maximum Gasteiger partial charge on any atom is 0.245 e. The second-order valence-corrected chi connectivity index (χ2v) is 19.0. The third kappa shape index (κ3) is 22.5. The molecule has 0 spiro atoms. The van der Waals surface area contributed by atoms with E-state index in [-0.39, 0.29) is 75.6 Å². The number of nitrogens with two attached hydrogens (primary N) is 4. The third-order valence-corrected chi connectivity index (χ3v) is 12.6. The molecule has 27 nitrogen and oxygen atoms in total. The van der Waals surface area contributed by atoms with Gasteiger partial charge in [0.25, 0.3) is 0 Å². The number of hydrogen-bond donors (Lipinski definition) is 13. The minimum atomic E-state index is -1.70. The van der Waals surface area contributed by atoms with Gasteiger partial charge in [0, 0.05) is 40.2 Å². The fourth-order valence-electron chi connectivity index (χ4n) is 7.72. The second-order valence-electron chi connectivity index (χ2n) is 19.0. The van der Waals surface area contributed by atoms with Crippen LogP contribution >= 0.6 is 0 Å². The number of aliphatic imine (C=N–C) groups is 2. The molecule has 1 rings (SSSR count). The van der Waals surface area contributed by atoms with Gasteiger partial charge in [-0.15, -0.1) is 0 Å². The Morgan fingerprint density at radius 2 is 1.11 bits per heavy atom. The molecule has 0 unspecified atom stereocenters. The maximum atomic E-state index is 14.3. The van der Waals surface area contributed by atoms with Crippen LogP contribution in [-0.2, 0) is 47.9 Å². The molecule has 0 bridgehead atoms. The van der Waals surface area contributed by atoms with E-state index in [1.807, 2.05) is 0 Å². The van der Waals surface area contributed by atoms with Crippen LogP contribution in [0.15, 0.2) is 9.98 Å². The molecule has 10 amide bonds. The van der Waals surface area contributed by atoms with Gasteiger partial charge in [-0.25, -0.2) is 0 Å². The van der Waals surface area contributed by atoms with Gasteiger partial charge in [-0.2, -0.15) is 0 Å². The van der Waals surface area contributed by atoms with Crippen LogP contribution in [0.25, 0.3) is 0 Å². The van der Waals surface area contributed by atoms with Gasteiger partial charge in [-0.3, -0.25) is 57.9 Å². The number of nitrogens with one attached hydrogen (secondary N) is 8. The highest BCUT2D eigenvalue weighted by Gasteiger charge is 2.40. The monoisotopic (exact) mass is 1050 g/mol. The van der Waals surface area contributed by atoms with Gasteiger partial charge in [0.2, 0.25) is 59.1 Å². The van der Waals surface area contributed by atoms with Crippen molar-refractivity contribution in [3.63, 3.8) is 0 Å². The third-order valence-electron chi connectivity index (χ3n) is 12.6. The topological polar surface area (TPSA) is 422 Å². The first-order chi connectivity index (χ1) is 34.7. The van der Waals surface area contributed by atoms with Crippen LogP contribution in [0.5, 0.6) is 0 Å². The Hall–Kier alpha value is -6.80. The van der Waals surface area contributed by atoms with Crippen molar-refractivity contribution in [2.24, 2.45) is 50.7 Å². The molecule has 1 saturated heterocycles. The van der Waals surface area contributed by atoms with E-state index in [4.69, 9.17) is 22.9 Å². The summed E-state index contributed by atoms with van der Waals surface area (Å²) in [7, 11) is 1.41. The van der Waals surface area contributed by atoms with E-state index >= 15 is 0 Å². The maximum absolute atomic E-state index is 14.3. The van der Waals surface area contributed by atoms with Crippen LogP contribution in [0.2, 0.25) is 0 Å². The van der Waals surface area contributed by atoms with E-state index in [1.165, 1.54) is 25.8 Å². The molecule has 27 heteroatoms. The van der Waals surface area contributed by atoms with E-state index in [9.17, 15) is 53.1 Å². The first kappa shape index (κ1) is 65.2. The average molecular weight is 1050 g/mol. The van der Waals surface area contributed by atoms with Crippen molar-refractivity contribution in [2.75, 3.05) is 46.3 Å². The zero-order valence-corrected chi connectivity index (χ0v) is 44.9. The van der Waals surface area contributed by atoms with Gasteiger partial charge >= 0.3 is 0 Å². The molecular formula is C47H86N16O11. The van der Waals surface area contributed by atoms with Crippen LogP contribution in [0.1, 0.15) is 114 Å². The van der Waals surface area contributed by atoms with Crippen LogP contribution in [0.3, 0.4) is 0 Å². The van der Waals surface area contributed by atoms with Gasteiger partial charge in [0.1, 0.15) is 42.3 Å². The van der Waals surface area contributed by atoms with Gasteiger partial charge in [0.15, 0.2) is 11.9 Å². The van der Waals surface area contributed by atoms with E-state index in [0.29, 0.717) is 32.2 Å². The lowest BCUT2D eigenvalue weighted by molar-refractivity contribution is -0.142. The predicted molar refractivity (Wildman–Crippen MR) is 277 cm³/mol. The van der Waals surface area contributed by atoms with Crippen LogP contribution in [0.4, 0.5) is 0 Å². The summed E-state index contributed by atoms with van der Waals surface area (Å²) in [6.45, 7) is 14.5. The van der Waals surface area contributed by atoms with Crippen molar-refractivity contribution in [1.29, 1.82) is 0 Å². The lowest BCUT2D eigenvalue weighted by Gasteiger charge is -2.32. The SMILES string of the molecule is CCNC(=O)[C@@H]1CCCN1C(=O)[C@H](CCCN=C(N)N)NC(=O)[C@@H](NC(=O)[C@H](CCCN=C(N)N)NC(=O)[C@@H](NC(=O)[C@H](NC(=O)[C@@H](NC(=O)CNC(=O)CN(C)C(C)=O)C(C)C)[C@@H](C)CC)[C@@H](C)O)[C@@H](C)CC. The molecule has 17 N–H and O–H groups in total. The summed E-state index contributed by atoms with van der Waals surface area (Å²) in [5.41, 5.74) is 22.1. The van der Waals surface area contributed by atoms with Gasteiger partial charge in [-0.05, 0) is 70.1 Å². The summed E-state index contributed by atoms with van der Waals surface area (Å²) >= 11 is 0. The number of nitrogens with zero attached hydrogens (tertiary/aromatic N) is 4. The summed E-state index contributed by atoms with van der Waals surface area (Å²) in [6, 6.07) is -8.75. The van der Waals surface area contributed by atoms with E-state index < -0.39 is 120 Å². The van der Waals surface area contributed by atoms with Crippen molar-refractivity contribution >= 4 is 71.0 Å². The smallest absolute Gasteiger partial charge is 0.245 e. The van der Waals surface area contributed by atoms with Crippen molar-refractivity contribution in [3.05, 3.63) is 0 Å². The van der Waals surface area contributed by atoms with Crippen molar-refractivity contribution in [2.45, 2.75) is 162 Å². The van der Waals surface area contributed by atoms with Crippen LogP contribution < -0.4 is 65.5 Å². The molecule has 0 radical (unpaired) electrons. The fraction of sp³-hybridized carbons (Fsp3) is 0.745. The highest BCUT2D eigenvalue weighted by molar-refractivity contribution is 5.98. The molecule has 420 valence electrons. The van der Waals surface area contributed by atoms with Crippen molar-refractivity contribution < 1.29 is 53.1 Å². The molecule has 1 aliphatic rings. The molecule has 1 heterocycles. The largest absolute Gasteiger partial charge is 0.391 e. The Morgan fingerprint density at radius 3 is 1.59 bits per heavy atom. The molecule has 0 aromatic rings. The Balaban J connectivity index is 3.46. The van der Waals surface area contributed by atoms with E-state index in [1.54, 1.807) is 48.5 Å². The molecule has 0 aliphatic carbocycles. The highest BCUT2D eigenvalue weighted by Crippen LogP contribution is 2.21. The number of amides is 10. The number of guanidine groups is 2. The summed E-state index contributed by atoms with van der Waals surface area (Å²) in [6.07, 6.45) is 0.550. The lowest BCUT2D eigenvalue weighted by Crippen LogP contribution is -2.63. The van der Waals surface area contributed by atoms with Gasteiger partial charge in [0.05, 0.1) is 19.2 Å². The van der Waals surface area contributed by atoms with E-state index in [0.717, 1.165) is 4.90 Å². The number of carbonyl (C=O) groups excluding carboxylic acids is 10. The first-order valence-electron chi connectivity index (χ1n) is 25.4. The highest BCUT2D eigenvalue weighted by atomic mass is 16.3. The summed E-state index contributed by atoms with van der Waals surface area (Å²) in [4.78, 5) is 145. The first-order valence-corrected chi connectivity index (χ1v) is 25.4. The number of aliphatic hydroxyl groups is 1. The van der Waals surface area contributed by atoms with Gasteiger partial charge in [-0.1, -0.05) is 54.4 Å². The Bertz CT molecular complexity index is 1980. The second kappa shape index (κ2) is 33.1. The molecule has 1 aliphatic heterocycles. The van der Waals surface area contributed by atoms with Gasteiger partial charge < -0.3 is 80.4 Å². The van der Waals surface area contributed by atoms with Crippen LogP contribution in [-0.4, -0.2) is 181 Å². The summed E-state index contributed by atoms with van der Waals surface area (Å²) in [5.74, 6) is -8.68. The number of carbonyl (C=O) groups is 10. The Kier molecular flexibility index (Phi) is 29.2. The zero-order valence-electron chi connectivity index (χ0n) is 44.9. The molecular weight excluding hydrogens is 965 g/mol. The molecule has 0 saturated carbocycles. The predicted octanol–water partition coefficient (Wildman–Crippen LogP) is -4.15. The number of aliphatic hydroxyl groups excluding tert-OH is 1. The standard InChI is InChI=1S/C47H86N16O11/c1-11-26(6)36(42(71)57-31(18-15-21-54-47(50)51)45(74)63-22-16-19-32(63)40(69)52-13-3)59-39(68)30(17-14-20-53-46(48)49)56-44(73)38(28(8)64)61-43(72)37(27(7)12-2)60-41(70)35(25(4)5)58-33(66)23-55-34(67)24-62(10)29(9)65/h25-28,30-32,35-38,64H,11-24H2,1-10H3,(H,52,69)(H,55,67)(H,56,73)(H,57,71)(H,58,66)(H,59,68)(H,60,70)(H,61,72)(H4,48,49,53)(H4,50,51,54)/t26-,27-,28+,30-,31-,32-,35-,36-,37+,38-/m0/s1. The number of hydrogen-bond acceptors (Lipinski definition) is 13. The molecule has 0 aromatic carbocycles. The Labute approximate surface area is 434 Å².